The van der Waals surface area contributed by atoms with Gasteiger partial charge in [0, 0.05) is 12.2 Å². The number of anilines is 2. The third kappa shape index (κ3) is 4.24. The van der Waals surface area contributed by atoms with Crippen LogP contribution >= 0.6 is 34.8 Å². The Morgan fingerprint density at radius 2 is 1.32 bits per heavy atom. The average Bonchev–Trinajstić information content (AvgIpc) is 2.62. The molecule has 0 unspecified atom stereocenters. The summed E-state index contributed by atoms with van der Waals surface area (Å²) in [6, 6.07) is 4.04. The normalized spacial score (nSPS) is 10.6. The van der Waals surface area contributed by atoms with Gasteiger partial charge < -0.3 is 4.90 Å². The minimum absolute atomic E-state index is 0.0393. The number of rotatable bonds is 7. The summed E-state index contributed by atoms with van der Waals surface area (Å²) in [4.78, 5) is 32.6. The minimum atomic E-state index is -0.941. The first-order chi connectivity index (χ1) is 13.1. The molecule has 0 saturated heterocycles. The molecular weight excluding hydrogens is 439 g/mol. The van der Waals surface area contributed by atoms with E-state index in [1.165, 1.54) is 17.0 Å². The van der Waals surface area contributed by atoms with Gasteiger partial charge in [0.15, 0.2) is 5.69 Å². The quantitative estimate of drug-likeness (QED) is 0.291. The summed E-state index contributed by atoms with van der Waals surface area (Å²) >= 11 is 18.0. The summed E-state index contributed by atoms with van der Waals surface area (Å²) in [6.45, 7) is 1.85. The number of hydrogen-bond donors (Lipinski definition) is 0. The molecule has 0 N–H and O–H groups in total. The van der Waals surface area contributed by atoms with Gasteiger partial charge in [0.25, 0.3) is 5.69 Å². The number of non-ortho nitro benzene ring substituents is 1. The standard InChI is InChI=1S/C15H11Cl3N4O6/c1-2-3-19(8-4-10(16)14(18)11(17)5-8)15-12(21(25)26)6-9(20(23)24)7-13(15)22(27)28/h4-7H,2-3H2,1H3. The van der Waals surface area contributed by atoms with Crippen LogP contribution in [0.4, 0.5) is 28.4 Å². The fourth-order valence-corrected chi connectivity index (χ4v) is 3.13. The molecule has 148 valence electrons. The van der Waals surface area contributed by atoms with Gasteiger partial charge in [0.1, 0.15) is 0 Å². The van der Waals surface area contributed by atoms with Crippen LogP contribution in [0.3, 0.4) is 0 Å². The number of nitrogens with zero attached hydrogens (tertiary/aromatic N) is 4. The number of benzene rings is 2. The van der Waals surface area contributed by atoms with Crippen molar-refractivity contribution in [3.63, 3.8) is 0 Å². The van der Waals surface area contributed by atoms with E-state index in [0.717, 1.165) is 0 Å². The molecule has 0 aliphatic carbocycles. The smallest absolute Gasteiger partial charge is 0.306 e. The van der Waals surface area contributed by atoms with Crippen LogP contribution < -0.4 is 4.90 Å². The van der Waals surface area contributed by atoms with Gasteiger partial charge in [0.05, 0.1) is 42.0 Å². The lowest BCUT2D eigenvalue weighted by atomic mass is 10.1. The van der Waals surface area contributed by atoms with Crippen molar-refractivity contribution in [3.05, 3.63) is 69.7 Å². The molecule has 0 radical (unpaired) electrons. The monoisotopic (exact) mass is 448 g/mol. The fraction of sp³-hybridized carbons (Fsp3) is 0.200. The summed E-state index contributed by atoms with van der Waals surface area (Å²) < 4.78 is 0. The number of nitro benzene ring substituents is 3. The SMILES string of the molecule is CCCN(c1cc(Cl)c(Cl)c(Cl)c1)c1c([N+](=O)[O-])cc([N+](=O)[O-])cc1[N+](=O)[O-]. The van der Waals surface area contributed by atoms with E-state index in [1.54, 1.807) is 6.92 Å². The second-order valence-electron chi connectivity index (χ2n) is 5.48. The summed E-state index contributed by atoms with van der Waals surface area (Å²) in [5, 5.41) is 34.3. The van der Waals surface area contributed by atoms with Crippen molar-refractivity contribution in [2.45, 2.75) is 13.3 Å². The van der Waals surface area contributed by atoms with Crippen molar-refractivity contribution in [1.82, 2.24) is 0 Å². The van der Waals surface area contributed by atoms with E-state index in [-0.39, 0.29) is 27.3 Å². The minimum Gasteiger partial charge on any atom is -0.330 e. The van der Waals surface area contributed by atoms with Crippen molar-refractivity contribution >= 4 is 63.2 Å². The summed E-state index contributed by atoms with van der Waals surface area (Å²) in [5.41, 5.74) is -2.57. The van der Waals surface area contributed by atoms with Gasteiger partial charge in [-0.25, -0.2) is 0 Å². The molecule has 0 spiro atoms. The molecule has 28 heavy (non-hydrogen) atoms. The Morgan fingerprint density at radius 1 is 0.857 bits per heavy atom. The summed E-state index contributed by atoms with van der Waals surface area (Å²) in [6.07, 6.45) is 0.434. The van der Waals surface area contributed by atoms with Crippen molar-refractivity contribution in [2.75, 3.05) is 11.4 Å². The Kier molecular flexibility index (Phi) is 6.60. The van der Waals surface area contributed by atoms with E-state index >= 15 is 0 Å². The van der Waals surface area contributed by atoms with Crippen LogP contribution in [0, 0.1) is 30.3 Å². The molecule has 0 aliphatic rings. The second kappa shape index (κ2) is 8.55. The van der Waals surface area contributed by atoms with E-state index in [2.05, 4.69) is 0 Å². The van der Waals surface area contributed by atoms with Gasteiger partial charge in [-0.05, 0) is 18.6 Å². The van der Waals surface area contributed by atoms with Gasteiger partial charge in [-0.2, -0.15) is 0 Å². The van der Waals surface area contributed by atoms with Crippen LogP contribution in [0.5, 0.6) is 0 Å². The molecule has 0 aromatic heterocycles. The van der Waals surface area contributed by atoms with Gasteiger partial charge in [-0.3, -0.25) is 30.3 Å². The van der Waals surface area contributed by atoms with Crippen LogP contribution in [0.1, 0.15) is 13.3 Å². The number of hydrogen-bond acceptors (Lipinski definition) is 7. The van der Waals surface area contributed by atoms with Crippen LogP contribution in [-0.4, -0.2) is 21.3 Å². The highest BCUT2D eigenvalue weighted by atomic mass is 35.5. The number of nitro groups is 3. The van der Waals surface area contributed by atoms with E-state index in [0.29, 0.717) is 18.6 Å². The molecule has 0 amide bonds. The van der Waals surface area contributed by atoms with Crippen molar-refractivity contribution in [2.24, 2.45) is 0 Å². The fourth-order valence-electron chi connectivity index (χ4n) is 2.54. The average molecular weight is 450 g/mol. The predicted octanol–water partition coefficient (Wildman–Crippen LogP) is 5.92. The molecule has 2 aromatic carbocycles. The highest BCUT2D eigenvalue weighted by molar-refractivity contribution is 6.48. The zero-order valence-corrected chi connectivity index (χ0v) is 16.4. The van der Waals surface area contributed by atoms with E-state index in [4.69, 9.17) is 34.8 Å². The lowest BCUT2D eigenvalue weighted by molar-refractivity contribution is -0.402. The van der Waals surface area contributed by atoms with Gasteiger partial charge >= 0.3 is 11.4 Å². The van der Waals surface area contributed by atoms with Crippen LogP contribution in [-0.2, 0) is 0 Å². The zero-order valence-electron chi connectivity index (χ0n) is 14.1. The third-order valence-corrected chi connectivity index (χ3v) is 4.85. The molecule has 13 heteroatoms. The van der Waals surface area contributed by atoms with Crippen molar-refractivity contribution in [3.8, 4) is 0 Å². The van der Waals surface area contributed by atoms with Crippen LogP contribution in [0.25, 0.3) is 0 Å². The van der Waals surface area contributed by atoms with E-state index < -0.39 is 37.5 Å². The summed E-state index contributed by atoms with van der Waals surface area (Å²) in [5.74, 6) is 0. The van der Waals surface area contributed by atoms with Gasteiger partial charge in [0.2, 0.25) is 0 Å². The highest BCUT2D eigenvalue weighted by Crippen LogP contribution is 2.45. The third-order valence-electron chi connectivity index (χ3n) is 3.66. The van der Waals surface area contributed by atoms with Crippen LogP contribution in [0.15, 0.2) is 24.3 Å². The maximum Gasteiger partial charge on any atom is 0.306 e. The number of halogens is 3. The topological polar surface area (TPSA) is 133 Å². The second-order valence-corrected chi connectivity index (χ2v) is 6.67. The molecule has 0 heterocycles. The molecule has 0 aliphatic heterocycles. The Bertz CT molecular complexity index is 926. The van der Waals surface area contributed by atoms with Crippen molar-refractivity contribution in [1.29, 1.82) is 0 Å². The predicted molar refractivity (Wildman–Crippen MR) is 105 cm³/mol. The van der Waals surface area contributed by atoms with Crippen LogP contribution in [0.2, 0.25) is 15.1 Å². The molecule has 2 aromatic rings. The first-order valence-corrected chi connectivity index (χ1v) is 8.75. The molecule has 2 rings (SSSR count). The Morgan fingerprint density at radius 3 is 1.68 bits per heavy atom. The largest absolute Gasteiger partial charge is 0.330 e. The molecule has 0 saturated carbocycles. The Balaban J connectivity index is 2.88. The Labute approximate surface area is 172 Å². The van der Waals surface area contributed by atoms with Crippen molar-refractivity contribution < 1.29 is 14.8 Å². The maximum atomic E-state index is 11.6. The molecule has 0 bridgehead atoms. The molecule has 0 fully saturated rings. The van der Waals surface area contributed by atoms with Gasteiger partial charge in [-0.15, -0.1) is 0 Å². The Hall–Kier alpha value is -2.69. The molecule has 10 nitrogen and oxygen atoms in total. The van der Waals surface area contributed by atoms with E-state index in [1.807, 2.05) is 0 Å². The van der Waals surface area contributed by atoms with E-state index in [9.17, 15) is 30.3 Å². The van der Waals surface area contributed by atoms with Gasteiger partial charge in [-0.1, -0.05) is 41.7 Å². The first kappa shape index (κ1) is 21.6. The molecule has 0 atom stereocenters. The summed E-state index contributed by atoms with van der Waals surface area (Å²) in [7, 11) is 0. The first-order valence-electron chi connectivity index (χ1n) is 7.61. The lowest BCUT2D eigenvalue weighted by Crippen LogP contribution is -2.20. The zero-order chi connectivity index (χ0) is 21.2. The lowest BCUT2D eigenvalue weighted by Gasteiger charge is -2.24. The maximum absolute atomic E-state index is 11.6. The highest BCUT2D eigenvalue weighted by Gasteiger charge is 2.34. The molecular formula is C15H11Cl3N4O6.